The van der Waals surface area contributed by atoms with Crippen molar-refractivity contribution in [3.8, 4) is 0 Å². The third-order valence-corrected chi connectivity index (χ3v) is 1.33. The Morgan fingerprint density at radius 3 is 3.11 bits per heavy atom. The van der Waals surface area contributed by atoms with Crippen molar-refractivity contribution < 1.29 is 4.79 Å². The van der Waals surface area contributed by atoms with E-state index in [4.69, 9.17) is 0 Å². The average Bonchev–Trinajstić information content (AvgIpc) is 1.93. The third kappa shape index (κ3) is 1.84. The molecule has 0 atom stereocenters. The minimum Gasteiger partial charge on any atom is -0.295 e. The summed E-state index contributed by atoms with van der Waals surface area (Å²) in [5.74, 6) is 0.248. The minimum atomic E-state index is 0.248. The molecule has 0 heterocycles. The van der Waals surface area contributed by atoms with E-state index in [1.807, 2.05) is 19.1 Å². The lowest BCUT2D eigenvalue weighted by molar-refractivity contribution is -0.114. The molecule has 1 aliphatic rings. The molecule has 0 amide bonds. The molecule has 0 saturated carbocycles. The Morgan fingerprint density at radius 1 is 1.56 bits per heavy atom. The number of hydrogen-bond acceptors (Lipinski definition) is 1. The van der Waals surface area contributed by atoms with Gasteiger partial charge in [0.15, 0.2) is 5.78 Å². The first-order valence-corrected chi connectivity index (χ1v) is 3.17. The van der Waals surface area contributed by atoms with E-state index < -0.39 is 0 Å². The molecule has 0 aliphatic heterocycles. The summed E-state index contributed by atoms with van der Waals surface area (Å²) in [4.78, 5) is 10.8. The molecule has 0 unspecified atom stereocenters. The molecule has 1 rings (SSSR count). The SMILES string of the molecule is CC1=CC(=O)CCC=C1. The second-order valence-corrected chi connectivity index (χ2v) is 2.30. The van der Waals surface area contributed by atoms with Gasteiger partial charge in [-0.05, 0) is 25.0 Å². The molecule has 0 fully saturated rings. The standard InChI is InChI=1S/C8H10O/c1-7-4-2-3-5-8(9)6-7/h2,4,6H,3,5H2,1H3. The van der Waals surface area contributed by atoms with Crippen LogP contribution in [0.3, 0.4) is 0 Å². The minimum absolute atomic E-state index is 0.248. The molecule has 0 aromatic heterocycles. The Morgan fingerprint density at radius 2 is 2.33 bits per heavy atom. The second kappa shape index (κ2) is 2.62. The van der Waals surface area contributed by atoms with Gasteiger partial charge in [0.05, 0.1) is 0 Å². The number of allylic oxidation sites excluding steroid dienone is 4. The lowest BCUT2D eigenvalue weighted by Crippen LogP contribution is -1.88. The van der Waals surface area contributed by atoms with E-state index in [-0.39, 0.29) is 5.78 Å². The Balaban J connectivity index is 2.74. The van der Waals surface area contributed by atoms with Crippen molar-refractivity contribution in [2.75, 3.05) is 0 Å². The van der Waals surface area contributed by atoms with Crippen LogP contribution in [0.2, 0.25) is 0 Å². The molecule has 0 bridgehead atoms. The highest BCUT2D eigenvalue weighted by Gasteiger charge is 1.98. The van der Waals surface area contributed by atoms with E-state index in [0.717, 1.165) is 12.0 Å². The molecule has 1 heteroatoms. The van der Waals surface area contributed by atoms with E-state index in [1.54, 1.807) is 6.08 Å². The zero-order chi connectivity index (χ0) is 6.69. The molecule has 0 spiro atoms. The number of carbonyl (C=O) groups is 1. The van der Waals surface area contributed by atoms with Crippen LogP contribution in [-0.4, -0.2) is 5.78 Å². The Bertz CT molecular complexity index is 175. The van der Waals surface area contributed by atoms with Gasteiger partial charge in [-0.25, -0.2) is 0 Å². The summed E-state index contributed by atoms with van der Waals surface area (Å²) >= 11 is 0. The molecular formula is C8H10O. The van der Waals surface area contributed by atoms with Gasteiger partial charge in [-0.2, -0.15) is 0 Å². The average molecular weight is 122 g/mol. The van der Waals surface area contributed by atoms with Gasteiger partial charge in [0, 0.05) is 6.42 Å². The summed E-state index contributed by atoms with van der Waals surface area (Å²) in [6, 6.07) is 0. The summed E-state index contributed by atoms with van der Waals surface area (Å²) in [6.07, 6.45) is 7.30. The van der Waals surface area contributed by atoms with Gasteiger partial charge in [-0.1, -0.05) is 12.2 Å². The topological polar surface area (TPSA) is 17.1 Å². The van der Waals surface area contributed by atoms with Gasteiger partial charge in [-0.3, -0.25) is 4.79 Å². The largest absolute Gasteiger partial charge is 0.295 e. The van der Waals surface area contributed by atoms with E-state index in [0.29, 0.717) is 6.42 Å². The Kier molecular flexibility index (Phi) is 1.83. The van der Waals surface area contributed by atoms with E-state index in [1.165, 1.54) is 0 Å². The first-order valence-electron chi connectivity index (χ1n) is 3.17. The monoisotopic (exact) mass is 122 g/mol. The first kappa shape index (κ1) is 6.27. The molecular weight excluding hydrogens is 112 g/mol. The summed E-state index contributed by atoms with van der Waals surface area (Å²) in [5, 5.41) is 0. The van der Waals surface area contributed by atoms with Gasteiger partial charge in [-0.15, -0.1) is 0 Å². The molecule has 0 radical (unpaired) electrons. The number of rotatable bonds is 0. The summed E-state index contributed by atoms with van der Waals surface area (Å²) < 4.78 is 0. The molecule has 0 saturated heterocycles. The molecule has 1 nitrogen and oxygen atoms in total. The fourth-order valence-corrected chi connectivity index (χ4v) is 0.869. The quantitative estimate of drug-likeness (QED) is 0.479. The van der Waals surface area contributed by atoms with E-state index in [2.05, 4.69) is 0 Å². The smallest absolute Gasteiger partial charge is 0.156 e. The van der Waals surface area contributed by atoms with Crippen LogP contribution in [0.1, 0.15) is 19.8 Å². The third-order valence-electron chi connectivity index (χ3n) is 1.33. The van der Waals surface area contributed by atoms with Gasteiger partial charge >= 0.3 is 0 Å². The van der Waals surface area contributed by atoms with Crippen LogP contribution in [0, 0.1) is 0 Å². The van der Waals surface area contributed by atoms with E-state index >= 15 is 0 Å². The predicted octanol–water partition coefficient (Wildman–Crippen LogP) is 1.85. The Labute approximate surface area is 55.1 Å². The van der Waals surface area contributed by atoms with Crippen molar-refractivity contribution in [1.82, 2.24) is 0 Å². The van der Waals surface area contributed by atoms with Crippen molar-refractivity contribution in [3.63, 3.8) is 0 Å². The maximum Gasteiger partial charge on any atom is 0.156 e. The summed E-state index contributed by atoms with van der Waals surface area (Å²) in [6.45, 7) is 1.94. The molecule has 0 N–H and O–H groups in total. The van der Waals surface area contributed by atoms with Crippen LogP contribution in [0.5, 0.6) is 0 Å². The van der Waals surface area contributed by atoms with Crippen LogP contribution < -0.4 is 0 Å². The fourth-order valence-electron chi connectivity index (χ4n) is 0.869. The summed E-state index contributed by atoms with van der Waals surface area (Å²) in [7, 11) is 0. The number of ketones is 1. The molecule has 0 aromatic rings. The maximum absolute atomic E-state index is 10.8. The van der Waals surface area contributed by atoms with Crippen LogP contribution in [0.15, 0.2) is 23.8 Å². The Hall–Kier alpha value is -0.850. The molecule has 0 aromatic carbocycles. The van der Waals surface area contributed by atoms with Crippen LogP contribution >= 0.6 is 0 Å². The second-order valence-electron chi connectivity index (χ2n) is 2.30. The molecule has 48 valence electrons. The lowest BCUT2D eigenvalue weighted by Gasteiger charge is -1.85. The van der Waals surface area contributed by atoms with Gasteiger partial charge < -0.3 is 0 Å². The van der Waals surface area contributed by atoms with Gasteiger partial charge in [0.25, 0.3) is 0 Å². The van der Waals surface area contributed by atoms with Crippen LogP contribution in [-0.2, 0) is 4.79 Å². The van der Waals surface area contributed by atoms with Crippen molar-refractivity contribution in [2.45, 2.75) is 19.8 Å². The van der Waals surface area contributed by atoms with Gasteiger partial charge in [0.2, 0.25) is 0 Å². The van der Waals surface area contributed by atoms with Crippen LogP contribution in [0.25, 0.3) is 0 Å². The van der Waals surface area contributed by atoms with Crippen LogP contribution in [0.4, 0.5) is 0 Å². The summed E-state index contributed by atoms with van der Waals surface area (Å²) in [5.41, 5.74) is 1.07. The first-order chi connectivity index (χ1) is 4.29. The zero-order valence-corrected chi connectivity index (χ0v) is 5.55. The highest BCUT2D eigenvalue weighted by atomic mass is 16.1. The maximum atomic E-state index is 10.8. The van der Waals surface area contributed by atoms with Crippen molar-refractivity contribution in [3.05, 3.63) is 23.8 Å². The van der Waals surface area contributed by atoms with E-state index in [9.17, 15) is 4.79 Å². The number of carbonyl (C=O) groups excluding carboxylic acids is 1. The highest BCUT2D eigenvalue weighted by molar-refractivity contribution is 5.91. The highest BCUT2D eigenvalue weighted by Crippen LogP contribution is 2.05. The van der Waals surface area contributed by atoms with Gasteiger partial charge in [0.1, 0.15) is 0 Å². The van der Waals surface area contributed by atoms with Crippen molar-refractivity contribution in [2.24, 2.45) is 0 Å². The molecule has 1 aliphatic carbocycles. The predicted molar refractivity (Wildman–Crippen MR) is 37.1 cm³/mol. The zero-order valence-electron chi connectivity index (χ0n) is 5.55. The lowest BCUT2D eigenvalue weighted by atomic mass is 10.2. The fraction of sp³-hybridized carbons (Fsp3) is 0.375. The van der Waals surface area contributed by atoms with Crippen molar-refractivity contribution >= 4 is 5.78 Å². The normalized spacial score (nSPS) is 19.2. The van der Waals surface area contributed by atoms with Crippen molar-refractivity contribution in [1.29, 1.82) is 0 Å². The molecule has 9 heavy (non-hydrogen) atoms. The number of hydrogen-bond donors (Lipinski definition) is 0.